The topological polar surface area (TPSA) is 72.7 Å². The first kappa shape index (κ1) is 9.57. The van der Waals surface area contributed by atoms with Crippen LogP contribution >= 0.6 is 0 Å². The average Bonchev–Trinajstić information content (AvgIpc) is 2.60. The molecule has 0 bridgehead atoms. The van der Waals surface area contributed by atoms with E-state index in [4.69, 9.17) is 0 Å². The first-order chi connectivity index (χ1) is 7.13. The third kappa shape index (κ3) is 1.43. The number of carbonyl (C=O) groups is 1. The van der Waals surface area contributed by atoms with Crippen molar-refractivity contribution in [1.82, 2.24) is 25.1 Å². The van der Waals surface area contributed by atoms with Crippen molar-refractivity contribution in [3.63, 3.8) is 0 Å². The highest BCUT2D eigenvalue weighted by Gasteiger charge is 2.12. The second kappa shape index (κ2) is 3.30. The number of aryl methyl sites for hydroxylation is 2. The lowest BCUT2D eigenvalue weighted by molar-refractivity contribution is 0.0953. The summed E-state index contributed by atoms with van der Waals surface area (Å²) in [4.78, 5) is 19.6. The lowest BCUT2D eigenvalue weighted by Crippen LogP contribution is -2.21. The zero-order valence-corrected chi connectivity index (χ0v) is 8.77. The number of hydrogen-bond donors (Lipinski definition) is 1. The van der Waals surface area contributed by atoms with E-state index >= 15 is 0 Å². The second-order valence-electron chi connectivity index (χ2n) is 3.22. The molecule has 0 aromatic carbocycles. The molecule has 0 aliphatic rings. The normalized spacial score (nSPS) is 10.6. The molecule has 78 valence electrons. The van der Waals surface area contributed by atoms with Gasteiger partial charge in [-0.15, -0.1) is 0 Å². The van der Waals surface area contributed by atoms with E-state index in [1.165, 1.54) is 0 Å². The molecule has 2 heterocycles. The summed E-state index contributed by atoms with van der Waals surface area (Å²) in [6.45, 7) is 1.83. The van der Waals surface area contributed by atoms with Crippen LogP contribution in [0.2, 0.25) is 0 Å². The van der Waals surface area contributed by atoms with Crippen LogP contribution in [0.25, 0.3) is 11.0 Å². The second-order valence-corrected chi connectivity index (χ2v) is 3.22. The molecule has 0 atom stereocenters. The van der Waals surface area contributed by atoms with Crippen LogP contribution < -0.4 is 5.32 Å². The maximum Gasteiger partial charge on any atom is 0.288 e. The van der Waals surface area contributed by atoms with Gasteiger partial charge in [-0.1, -0.05) is 0 Å². The highest BCUT2D eigenvalue weighted by molar-refractivity contribution is 5.92. The van der Waals surface area contributed by atoms with Crippen molar-refractivity contribution in [2.24, 2.45) is 7.05 Å². The average molecular weight is 205 g/mol. The molecule has 1 amide bonds. The molecular formula is C9H11N5O. The van der Waals surface area contributed by atoms with Gasteiger partial charge in [-0.25, -0.2) is 9.97 Å². The summed E-state index contributed by atoms with van der Waals surface area (Å²) in [7, 11) is 3.33. The molecule has 1 N–H and O–H groups in total. The molecule has 0 aliphatic heterocycles. The largest absolute Gasteiger partial charge is 0.352 e. The standard InChI is InChI=1S/C9H11N5O/c1-5-6-4-11-14(3)8(6)13-7(12-5)9(15)10-2/h4H,1-3H3,(H,10,15). The van der Waals surface area contributed by atoms with Crippen molar-refractivity contribution in [3.8, 4) is 0 Å². The summed E-state index contributed by atoms with van der Waals surface area (Å²) in [5, 5.41) is 7.42. The molecule has 0 fully saturated rings. The van der Waals surface area contributed by atoms with Gasteiger partial charge in [0.1, 0.15) is 0 Å². The Morgan fingerprint density at radius 2 is 2.20 bits per heavy atom. The van der Waals surface area contributed by atoms with E-state index in [0.29, 0.717) is 5.65 Å². The fraction of sp³-hybridized carbons (Fsp3) is 0.333. The van der Waals surface area contributed by atoms with E-state index in [2.05, 4.69) is 20.4 Å². The quantitative estimate of drug-likeness (QED) is 0.713. The Bertz CT molecular complexity index is 531. The van der Waals surface area contributed by atoms with E-state index in [1.807, 2.05) is 6.92 Å². The Balaban J connectivity index is 2.70. The summed E-state index contributed by atoms with van der Waals surface area (Å²) in [5.41, 5.74) is 1.42. The van der Waals surface area contributed by atoms with Crippen molar-refractivity contribution >= 4 is 16.9 Å². The number of fused-ring (bicyclic) bond motifs is 1. The molecule has 0 spiro atoms. The van der Waals surface area contributed by atoms with Gasteiger partial charge in [-0.3, -0.25) is 9.48 Å². The first-order valence-electron chi connectivity index (χ1n) is 4.52. The molecule has 0 unspecified atom stereocenters. The van der Waals surface area contributed by atoms with Crippen LogP contribution in [-0.2, 0) is 7.05 Å². The Labute approximate surface area is 86.3 Å². The molecule has 0 radical (unpaired) electrons. The monoisotopic (exact) mass is 205 g/mol. The van der Waals surface area contributed by atoms with Gasteiger partial charge in [-0.05, 0) is 6.92 Å². The molecule has 0 saturated carbocycles. The Kier molecular flexibility index (Phi) is 2.11. The lowest BCUT2D eigenvalue weighted by atomic mass is 10.3. The molecule has 2 aromatic rings. The van der Waals surface area contributed by atoms with Gasteiger partial charge in [0.2, 0.25) is 5.82 Å². The third-order valence-corrected chi connectivity index (χ3v) is 2.21. The van der Waals surface area contributed by atoms with Crippen LogP contribution in [-0.4, -0.2) is 32.7 Å². The molecule has 6 nitrogen and oxygen atoms in total. The van der Waals surface area contributed by atoms with Crippen LogP contribution in [0.1, 0.15) is 16.3 Å². The minimum Gasteiger partial charge on any atom is -0.352 e. The molecule has 2 rings (SSSR count). The van der Waals surface area contributed by atoms with Crippen molar-refractivity contribution in [1.29, 1.82) is 0 Å². The van der Waals surface area contributed by atoms with Crippen LogP contribution in [0.4, 0.5) is 0 Å². The molecule has 2 aromatic heterocycles. The summed E-state index contributed by atoms with van der Waals surface area (Å²) in [6.07, 6.45) is 1.69. The molecule has 6 heteroatoms. The number of aromatic nitrogens is 4. The minimum atomic E-state index is -0.291. The maximum atomic E-state index is 11.4. The summed E-state index contributed by atoms with van der Waals surface area (Å²) in [5.74, 6) is -0.118. The van der Waals surface area contributed by atoms with Crippen molar-refractivity contribution < 1.29 is 4.79 Å². The van der Waals surface area contributed by atoms with Crippen LogP contribution in [0, 0.1) is 6.92 Å². The van der Waals surface area contributed by atoms with E-state index in [-0.39, 0.29) is 11.7 Å². The van der Waals surface area contributed by atoms with E-state index in [0.717, 1.165) is 11.1 Å². The minimum absolute atomic E-state index is 0.172. The Morgan fingerprint density at radius 3 is 2.87 bits per heavy atom. The Hall–Kier alpha value is -1.98. The van der Waals surface area contributed by atoms with Gasteiger partial charge in [0, 0.05) is 14.1 Å². The fourth-order valence-corrected chi connectivity index (χ4v) is 1.38. The van der Waals surface area contributed by atoms with Crippen molar-refractivity contribution in [2.45, 2.75) is 6.92 Å². The van der Waals surface area contributed by atoms with E-state index in [1.54, 1.807) is 25.0 Å². The van der Waals surface area contributed by atoms with Gasteiger partial charge in [0.05, 0.1) is 17.3 Å². The van der Waals surface area contributed by atoms with E-state index in [9.17, 15) is 4.79 Å². The predicted molar refractivity (Wildman–Crippen MR) is 54.4 cm³/mol. The van der Waals surface area contributed by atoms with E-state index < -0.39 is 0 Å². The number of hydrogen-bond acceptors (Lipinski definition) is 4. The van der Waals surface area contributed by atoms with Gasteiger partial charge in [-0.2, -0.15) is 5.10 Å². The number of amides is 1. The zero-order valence-electron chi connectivity index (χ0n) is 8.77. The van der Waals surface area contributed by atoms with Crippen LogP contribution in [0.15, 0.2) is 6.20 Å². The van der Waals surface area contributed by atoms with Crippen LogP contribution in [0.5, 0.6) is 0 Å². The fourth-order valence-electron chi connectivity index (χ4n) is 1.38. The molecular weight excluding hydrogens is 194 g/mol. The smallest absolute Gasteiger partial charge is 0.288 e. The summed E-state index contributed by atoms with van der Waals surface area (Å²) in [6, 6.07) is 0. The van der Waals surface area contributed by atoms with Crippen molar-refractivity contribution in [2.75, 3.05) is 7.05 Å². The highest BCUT2D eigenvalue weighted by atomic mass is 16.2. The Morgan fingerprint density at radius 1 is 1.47 bits per heavy atom. The predicted octanol–water partition coefficient (Wildman–Crippen LogP) is 0.0313. The van der Waals surface area contributed by atoms with Crippen LogP contribution in [0.3, 0.4) is 0 Å². The lowest BCUT2D eigenvalue weighted by Gasteiger charge is -2.01. The molecule has 0 aliphatic carbocycles. The van der Waals surface area contributed by atoms with Gasteiger partial charge >= 0.3 is 0 Å². The third-order valence-electron chi connectivity index (χ3n) is 2.21. The number of rotatable bonds is 1. The summed E-state index contributed by atoms with van der Waals surface area (Å²) < 4.78 is 1.62. The number of nitrogens with zero attached hydrogens (tertiary/aromatic N) is 4. The van der Waals surface area contributed by atoms with Gasteiger partial charge < -0.3 is 5.32 Å². The number of nitrogens with one attached hydrogen (secondary N) is 1. The maximum absolute atomic E-state index is 11.4. The summed E-state index contributed by atoms with van der Waals surface area (Å²) >= 11 is 0. The first-order valence-corrected chi connectivity index (χ1v) is 4.52. The molecule has 15 heavy (non-hydrogen) atoms. The van der Waals surface area contributed by atoms with Gasteiger partial charge in [0.15, 0.2) is 5.65 Å². The SMILES string of the molecule is CNC(=O)c1nc(C)c2cnn(C)c2n1. The highest BCUT2D eigenvalue weighted by Crippen LogP contribution is 2.13. The van der Waals surface area contributed by atoms with Crippen molar-refractivity contribution in [3.05, 3.63) is 17.7 Å². The number of carbonyl (C=O) groups excluding carboxylic acids is 1. The zero-order chi connectivity index (χ0) is 11.0. The van der Waals surface area contributed by atoms with Gasteiger partial charge in [0.25, 0.3) is 5.91 Å². The molecule has 0 saturated heterocycles.